The minimum Gasteiger partial charge on any atom is -0.318 e. The molecule has 4 rings (SSSR count). The van der Waals surface area contributed by atoms with Gasteiger partial charge in [-0.1, -0.05) is 47.7 Å². The molecule has 1 heterocycles. The summed E-state index contributed by atoms with van der Waals surface area (Å²) in [5, 5.41) is 9.22. The second-order valence-electron chi connectivity index (χ2n) is 5.92. The van der Waals surface area contributed by atoms with Crippen molar-refractivity contribution in [1.82, 2.24) is 4.57 Å². The smallest absolute Gasteiger partial charge is 0.211 e. The Morgan fingerprint density at radius 1 is 0.913 bits per heavy atom. The summed E-state index contributed by atoms with van der Waals surface area (Å²) in [4.78, 5) is 0.945. The summed E-state index contributed by atoms with van der Waals surface area (Å²) < 4.78 is 3.36. The molecule has 0 radical (unpaired) electrons. The fraction of sp³-hybridized carbons (Fsp3) is 0.263. The van der Waals surface area contributed by atoms with Gasteiger partial charge >= 0.3 is 0 Å². The molecule has 1 aliphatic carbocycles. The maximum absolute atomic E-state index is 4.64. The van der Waals surface area contributed by atoms with Crippen molar-refractivity contribution in [3.05, 3.63) is 64.5 Å². The van der Waals surface area contributed by atoms with Crippen molar-refractivity contribution >= 4 is 27.3 Å². The minimum atomic E-state index is 0.945. The average molecular weight is 321 g/mol. The number of hydrogen-bond donors (Lipinski definition) is 0. The highest BCUT2D eigenvalue weighted by Gasteiger charge is 2.13. The number of fused-ring (bicyclic) bond motifs is 2. The van der Waals surface area contributed by atoms with Gasteiger partial charge in [-0.3, -0.25) is 0 Å². The van der Waals surface area contributed by atoms with Gasteiger partial charge in [0.15, 0.2) is 0 Å². The predicted molar refractivity (Wildman–Crippen MR) is 96.9 cm³/mol. The van der Waals surface area contributed by atoms with Gasteiger partial charge in [0.2, 0.25) is 4.80 Å². The van der Waals surface area contributed by atoms with Crippen LogP contribution >= 0.6 is 11.3 Å². The number of thiazole rings is 1. The number of hydrogen-bond acceptors (Lipinski definition) is 3. The summed E-state index contributed by atoms with van der Waals surface area (Å²) in [7, 11) is 2.05. The van der Waals surface area contributed by atoms with Crippen molar-refractivity contribution < 1.29 is 0 Å². The molecule has 0 atom stereocenters. The second-order valence-corrected chi connectivity index (χ2v) is 6.93. The van der Waals surface area contributed by atoms with E-state index in [-0.39, 0.29) is 0 Å². The van der Waals surface area contributed by atoms with Crippen LogP contribution in [0.4, 0.5) is 0 Å². The molecule has 1 aliphatic rings. The maximum Gasteiger partial charge on any atom is 0.211 e. The summed E-state index contributed by atoms with van der Waals surface area (Å²) in [5.74, 6) is 0. The van der Waals surface area contributed by atoms with E-state index >= 15 is 0 Å². The molecule has 0 aliphatic heterocycles. The standard InChI is InChI=1S/C19H19N3S/c1-22-17-12-6-7-13-18(17)23-19(22)21-20-16-11-5-3-9-14-8-2-4-10-15(14)16/h2,4,6-8,10,12-13H,3,5,9,11H2,1H3. The Balaban J connectivity index is 1.82. The van der Waals surface area contributed by atoms with Crippen molar-refractivity contribution in [3.8, 4) is 0 Å². The van der Waals surface area contributed by atoms with Gasteiger partial charge in [-0.2, -0.15) is 5.10 Å². The Morgan fingerprint density at radius 3 is 2.61 bits per heavy atom. The Labute approximate surface area is 139 Å². The molecule has 0 fully saturated rings. The molecule has 1 aromatic heterocycles. The highest BCUT2D eigenvalue weighted by molar-refractivity contribution is 7.16. The van der Waals surface area contributed by atoms with E-state index in [0.717, 1.165) is 23.4 Å². The van der Waals surface area contributed by atoms with Crippen molar-refractivity contribution in [2.75, 3.05) is 0 Å². The monoisotopic (exact) mass is 321 g/mol. The lowest BCUT2D eigenvalue weighted by molar-refractivity contribution is 0.774. The highest BCUT2D eigenvalue weighted by atomic mass is 32.1. The molecule has 0 amide bonds. The van der Waals surface area contributed by atoms with Gasteiger partial charge in [-0.05, 0) is 43.4 Å². The maximum atomic E-state index is 4.64. The van der Waals surface area contributed by atoms with E-state index in [2.05, 4.69) is 70.3 Å². The summed E-state index contributed by atoms with van der Waals surface area (Å²) in [5.41, 5.74) is 5.01. The van der Waals surface area contributed by atoms with Gasteiger partial charge in [-0.25, -0.2) is 0 Å². The lowest BCUT2D eigenvalue weighted by atomic mass is 10.0. The van der Waals surface area contributed by atoms with Gasteiger partial charge in [0, 0.05) is 12.6 Å². The first-order valence-electron chi connectivity index (χ1n) is 8.06. The fourth-order valence-electron chi connectivity index (χ4n) is 3.15. The van der Waals surface area contributed by atoms with Gasteiger partial charge in [0.05, 0.1) is 15.9 Å². The molecular formula is C19H19N3S. The zero-order valence-electron chi connectivity index (χ0n) is 13.2. The van der Waals surface area contributed by atoms with E-state index in [1.54, 1.807) is 11.3 Å². The van der Waals surface area contributed by atoms with E-state index in [9.17, 15) is 0 Å². The fourth-order valence-corrected chi connectivity index (χ4v) is 4.12. The third-order valence-corrected chi connectivity index (χ3v) is 5.51. The van der Waals surface area contributed by atoms with Crippen LogP contribution in [0, 0.1) is 0 Å². The van der Waals surface area contributed by atoms with Crippen molar-refractivity contribution in [2.24, 2.45) is 17.3 Å². The van der Waals surface area contributed by atoms with E-state index in [1.165, 1.54) is 34.2 Å². The molecule has 4 heteroatoms. The molecule has 3 nitrogen and oxygen atoms in total. The first-order valence-corrected chi connectivity index (χ1v) is 8.88. The van der Waals surface area contributed by atoms with Crippen molar-refractivity contribution in [3.63, 3.8) is 0 Å². The zero-order chi connectivity index (χ0) is 15.6. The number of para-hydroxylation sites is 1. The lowest BCUT2D eigenvalue weighted by Gasteiger charge is -2.05. The van der Waals surface area contributed by atoms with Crippen LogP contribution in [0.25, 0.3) is 10.2 Å². The number of aromatic nitrogens is 1. The minimum absolute atomic E-state index is 0.945. The quantitative estimate of drug-likeness (QED) is 0.473. The predicted octanol–water partition coefficient (Wildman–Crippen LogP) is 4.27. The van der Waals surface area contributed by atoms with Crippen molar-refractivity contribution in [2.45, 2.75) is 25.7 Å². The molecule has 116 valence electrons. The lowest BCUT2D eigenvalue weighted by Crippen LogP contribution is -2.10. The third-order valence-electron chi connectivity index (χ3n) is 4.41. The molecule has 0 bridgehead atoms. The van der Waals surface area contributed by atoms with Crippen LogP contribution in [0.1, 0.15) is 30.4 Å². The van der Waals surface area contributed by atoms with Crippen LogP contribution in [-0.2, 0) is 13.5 Å². The Kier molecular flexibility index (Phi) is 3.83. The van der Waals surface area contributed by atoms with Crippen LogP contribution in [0.5, 0.6) is 0 Å². The third kappa shape index (κ3) is 2.75. The molecule has 0 spiro atoms. The first kappa shape index (κ1) is 14.4. The topological polar surface area (TPSA) is 29.6 Å². The van der Waals surface area contributed by atoms with E-state index in [4.69, 9.17) is 0 Å². The Hall–Kier alpha value is -2.20. The van der Waals surface area contributed by atoms with Crippen LogP contribution < -0.4 is 4.80 Å². The van der Waals surface area contributed by atoms with Crippen LogP contribution in [-0.4, -0.2) is 10.3 Å². The first-order chi connectivity index (χ1) is 11.3. The Morgan fingerprint density at radius 2 is 1.70 bits per heavy atom. The Bertz CT molecular complexity index is 946. The highest BCUT2D eigenvalue weighted by Crippen LogP contribution is 2.21. The summed E-state index contributed by atoms with van der Waals surface area (Å²) in [6.45, 7) is 0. The summed E-state index contributed by atoms with van der Waals surface area (Å²) >= 11 is 1.69. The zero-order valence-corrected chi connectivity index (χ0v) is 14.0. The SMILES string of the molecule is Cn1c(=NN=C2CCCCc3ccccc32)sc2ccccc21. The normalized spacial score (nSPS) is 17.4. The molecule has 23 heavy (non-hydrogen) atoms. The van der Waals surface area contributed by atoms with E-state index in [0.29, 0.717) is 0 Å². The summed E-state index contributed by atoms with van der Waals surface area (Å²) in [6.07, 6.45) is 4.56. The van der Waals surface area contributed by atoms with Gasteiger partial charge < -0.3 is 4.57 Å². The number of benzene rings is 2. The average Bonchev–Trinajstić information content (AvgIpc) is 2.78. The number of rotatable bonds is 1. The van der Waals surface area contributed by atoms with Crippen LogP contribution in [0.3, 0.4) is 0 Å². The molecule has 0 saturated carbocycles. The van der Waals surface area contributed by atoms with Crippen molar-refractivity contribution in [1.29, 1.82) is 0 Å². The largest absolute Gasteiger partial charge is 0.318 e. The van der Waals surface area contributed by atoms with Gasteiger partial charge in [-0.15, -0.1) is 5.10 Å². The molecule has 3 aromatic rings. The van der Waals surface area contributed by atoms with E-state index in [1.807, 2.05) is 0 Å². The number of aryl methyl sites for hydroxylation is 2. The van der Waals surface area contributed by atoms with Crippen LogP contribution in [0.2, 0.25) is 0 Å². The summed E-state index contributed by atoms with van der Waals surface area (Å²) in [6, 6.07) is 17.0. The van der Waals surface area contributed by atoms with E-state index < -0.39 is 0 Å². The molecule has 0 N–H and O–H groups in total. The van der Waals surface area contributed by atoms with Crippen LogP contribution in [0.15, 0.2) is 58.7 Å². The second kappa shape index (κ2) is 6.13. The molecule has 0 unspecified atom stereocenters. The van der Waals surface area contributed by atoms with Gasteiger partial charge in [0.1, 0.15) is 0 Å². The number of nitrogens with zero attached hydrogens (tertiary/aromatic N) is 3. The molecular weight excluding hydrogens is 302 g/mol. The molecule has 0 saturated heterocycles. The van der Waals surface area contributed by atoms with Gasteiger partial charge in [0.25, 0.3) is 0 Å². The molecule has 2 aromatic carbocycles.